The summed E-state index contributed by atoms with van der Waals surface area (Å²) in [5, 5.41) is 6.41. The van der Waals surface area contributed by atoms with Crippen molar-refractivity contribution in [2.45, 2.75) is 37.6 Å². The Labute approximate surface area is 154 Å². The second-order valence-electron chi connectivity index (χ2n) is 7.84. The minimum Gasteiger partial charge on any atom is -0.384 e. The van der Waals surface area contributed by atoms with Gasteiger partial charge in [-0.3, -0.25) is 14.5 Å². The number of amides is 2. The van der Waals surface area contributed by atoms with Gasteiger partial charge >= 0.3 is 0 Å². The van der Waals surface area contributed by atoms with Crippen molar-refractivity contribution >= 4 is 17.5 Å². The summed E-state index contributed by atoms with van der Waals surface area (Å²) in [7, 11) is 2.13. The summed E-state index contributed by atoms with van der Waals surface area (Å²) in [6, 6.07) is 6.06. The smallest absolute Gasteiger partial charge is 0.256 e. The van der Waals surface area contributed by atoms with Gasteiger partial charge in [-0.05, 0) is 44.4 Å². The van der Waals surface area contributed by atoms with Crippen molar-refractivity contribution in [3.8, 4) is 0 Å². The van der Waals surface area contributed by atoms with E-state index in [2.05, 4.69) is 28.6 Å². The summed E-state index contributed by atoms with van der Waals surface area (Å²) >= 11 is 0. The third-order valence-electron chi connectivity index (χ3n) is 6.32. The SMILES string of the molecule is CN1CCN(C(=O)c2cccc3c2NCCC3)C[C@]12CCNC(=O)CC2. The Morgan fingerprint density at radius 2 is 2.00 bits per heavy atom. The minimum absolute atomic E-state index is 0.102. The predicted octanol–water partition coefficient (Wildman–Crippen LogP) is 1.47. The fourth-order valence-electron chi connectivity index (χ4n) is 4.63. The molecule has 0 radical (unpaired) electrons. The lowest BCUT2D eigenvalue weighted by atomic mass is 9.86. The zero-order chi connectivity index (χ0) is 18.1. The van der Waals surface area contributed by atoms with E-state index in [9.17, 15) is 9.59 Å². The molecule has 3 aliphatic rings. The van der Waals surface area contributed by atoms with Crippen molar-refractivity contribution in [3.63, 3.8) is 0 Å². The van der Waals surface area contributed by atoms with Gasteiger partial charge < -0.3 is 15.5 Å². The van der Waals surface area contributed by atoms with Crippen molar-refractivity contribution in [3.05, 3.63) is 29.3 Å². The van der Waals surface area contributed by atoms with Gasteiger partial charge in [-0.25, -0.2) is 0 Å². The predicted molar refractivity (Wildman–Crippen MR) is 101 cm³/mol. The lowest BCUT2D eigenvalue weighted by Gasteiger charge is -2.49. The van der Waals surface area contributed by atoms with Crippen LogP contribution >= 0.6 is 0 Å². The highest BCUT2D eigenvalue weighted by Crippen LogP contribution is 2.33. The molecule has 2 N–H and O–H groups in total. The topological polar surface area (TPSA) is 64.7 Å². The molecule has 2 amide bonds. The molecule has 26 heavy (non-hydrogen) atoms. The Bertz CT molecular complexity index is 720. The maximum Gasteiger partial charge on any atom is 0.256 e. The van der Waals surface area contributed by atoms with Crippen LogP contribution in [0.4, 0.5) is 5.69 Å². The molecule has 3 aliphatic heterocycles. The number of carbonyl (C=O) groups excluding carboxylic acids is 2. The van der Waals surface area contributed by atoms with Gasteiger partial charge in [-0.15, -0.1) is 0 Å². The standard InChI is InChI=1S/C20H28N4O2/c1-23-12-13-24(14-20(23)8-7-17(25)21-11-9-20)19(26)16-6-2-4-15-5-3-10-22-18(15)16/h2,4,6,22H,3,5,7-14H2,1H3,(H,21,25)/t20-/m0/s1. The summed E-state index contributed by atoms with van der Waals surface area (Å²) in [5.41, 5.74) is 2.96. The van der Waals surface area contributed by atoms with Gasteiger partial charge in [-0.1, -0.05) is 12.1 Å². The lowest BCUT2D eigenvalue weighted by Crippen LogP contribution is -2.62. The van der Waals surface area contributed by atoms with Crippen LogP contribution in [-0.2, 0) is 11.2 Å². The zero-order valence-corrected chi connectivity index (χ0v) is 15.5. The summed E-state index contributed by atoms with van der Waals surface area (Å²) in [6.45, 7) is 3.90. The zero-order valence-electron chi connectivity index (χ0n) is 15.5. The van der Waals surface area contributed by atoms with Crippen LogP contribution in [0.1, 0.15) is 41.6 Å². The molecule has 0 unspecified atom stereocenters. The third kappa shape index (κ3) is 3.07. The van der Waals surface area contributed by atoms with E-state index in [-0.39, 0.29) is 17.4 Å². The number of anilines is 1. The normalized spacial score (nSPS) is 26.7. The molecular weight excluding hydrogens is 328 g/mol. The minimum atomic E-state index is -0.102. The molecule has 3 heterocycles. The number of nitrogens with zero attached hydrogens (tertiary/aromatic N) is 2. The first-order chi connectivity index (χ1) is 12.6. The van der Waals surface area contributed by atoms with Gasteiger partial charge in [0, 0.05) is 44.7 Å². The monoisotopic (exact) mass is 356 g/mol. The number of rotatable bonds is 1. The molecule has 6 nitrogen and oxygen atoms in total. The molecule has 1 aromatic rings. The maximum absolute atomic E-state index is 13.3. The molecule has 1 atom stereocenters. The van der Waals surface area contributed by atoms with E-state index in [1.165, 1.54) is 5.56 Å². The fourth-order valence-corrected chi connectivity index (χ4v) is 4.63. The van der Waals surface area contributed by atoms with Crippen molar-refractivity contribution in [1.82, 2.24) is 15.1 Å². The third-order valence-corrected chi connectivity index (χ3v) is 6.32. The van der Waals surface area contributed by atoms with Crippen LogP contribution in [0.2, 0.25) is 0 Å². The average Bonchev–Trinajstić information content (AvgIpc) is 2.85. The molecule has 1 spiro atoms. The van der Waals surface area contributed by atoms with Crippen LogP contribution in [0, 0.1) is 0 Å². The highest BCUT2D eigenvalue weighted by molar-refractivity contribution is 6.00. The maximum atomic E-state index is 13.3. The number of fused-ring (bicyclic) bond motifs is 1. The first kappa shape index (κ1) is 17.3. The summed E-state index contributed by atoms with van der Waals surface area (Å²) < 4.78 is 0. The molecule has 1 aromatic carbocycles. The van der Waals surface area contributed by atoms with E-state index >= 15 is 0 Å². The molecule has 6 heteroatoms. The Kier molecular flexibility index (Phi) is 4.61. The number of nitrogens with one attached hydrogen (secondary N) is 2. The summed E-state index contributed by atoms with van der Waals surface area (Å²) in [5.74, 6) is 0.243. The molecule has 2 saturated heterocycles. The van der Waals surface area contributed by atoms with Crippen molar-refractivity contribution < 1.29 is 9.59 Å². The Morgan fingerprint density at radius 3 is 2.88 bits per heavy atom. The van der Waals surface area contributed by atoms with Crippen LogP contribution in [0.3, 0.4) is 0 Å². The van der Waals surface area contributed by atoms with Crippen molar-refractivity contribution in [2.75, 3.05) is 45.1 Å². The van der Waals surface area contributed by atoms with Crippen LogP contribution in [0.25, 0.3) is 0 Å². The van der Waals surface area contributed by atoms with E-state index in [1.54, 1.807) is 0 Å². The number of benzene rings is 1. The van der Waals surface area contributed by atoms with Crippen molar-refractivity contribution in [2.24, 2.45) is 0 Å². The number of aryl methyl sites for hydroxylation is 1. The number of para-hydroxylation sites is 1. The highest BCUT2D eigenvalue weighted by atomic mass is 16.2. The first-order valence-corrected chi connectivity index (χ1v) is 9.72. The average molecular weight is 356 g/mol. The van der Waals surface area contributed by atoms with Crippen LogP contribution in [0.15, 0.2) is 18.2 Å². The van der Waals surface area contributed by atoms with Crippen LogP contribution in [0.5, 0.6) is 0 Å². The van der Waals surface area contributed by atoms with Gasteiger partial charge in [0.15, 0.2) is 0 Å². The number of hydrogen-bond donors (Lipinski definition) is 2. The van der Waals surface area contributed by atoms with Gasteiger partial charge in [0.2, 0.25) is 5.91 Å². The number of piperazine rings is 1. The van der Waals surface area contributed by atoms with Crippen LogP contribution in [-0.4, -0.2) is 66.9 Å². The Balaban J connectivity index is 1.58. The molecule has 0 aromatic heterocycles. The molecule has 0 saturated carbocycles. The number of likely N-dealkylation sites (N-methyl/N-ethyl adjacent to an activating group) is 1. The van der Waals surface area contributed by atoms with Gasteiger partial charge in [0.05, 0.1) is 11.3 Å². The molecule has 140 valence electrons. The number of hydrogen-bond acceptors (Lipinski definition) is 4. The van der Waals surface area contributed by atoms with Gasteiger partial charge in [-0.2, -0.15) is 0 Å². The number of carbonyl (C=O) groups is 2. The summed E-state index contributed by atoms with van der Waals surface area (Å²) in [4.78, 5) is 29.5. The van der Waals surface area contributed by atoms with E-state index in [4.69, 9.17) is 0 Å². The fraction of sp³-hybridized carbons (Fsp3) is 0.600. The largest absolute Gasteiger partial charge is 0.384 e. The van der Waals surface area contributed by atoms with E-state index < -0.39 is 0 Å². The van der Waals surface area contributed by atoms with E-state index in [0.717, 1.165) is 56.6 Å². The lowest BCUT2D eigenvalue weighted by molar-refractivity contribution is -0.121. The van der Waals surface area contributed by atoms with Gasteiger partial charge in [0.1, 0.15) is 0 Å². The molecule has 4 rings (SSSR count). The molecule has 2 fully saturated rings. The van der Waals surface area contributed by atoms with E-state index in [1.807, 2.05) is 17.0 Å². The molecule has 0 aliphatic carbocycles. The Morgan fingerprint density at radius 1 is 1.12 bits per heavy atom. The first-order valence-electron chi connectivity index (χ1n) is 9.72. The molecular formula is C20H28N4O2. The quantitative estimate of drug-likeness (QED) is 0.800. The summed E-state index contributed by atoms with van der Waals surface area (Å²) in [6.07, 6.45) is 4.39. The molecule has 0 bridgehead atoms. The van der Waals surface area contributed by atoms with E-state index in [0.29, 0.717) is 19.5 Å². The second-order valence-corrected chi connectivity index (χ2v) is 7.84. The van der Waals surface area contributed by atoms with Crippen molar-refractivity contribution in [1.29, 1.82) is 0 Å². The second kappa shape index (κ2) is 6.91. The Hall–Kier alpha value is -2.08. The highest BCUT2D eigenvalue weighted by Gasteiger charge is 2.42. The van der Waals surface area contributed by atoms with Gasteiger partial charge in [0.25, 0.3) is 5.91 Å². The van der Waals surface area contributed by atoms with Crippen LogP contribution < -0.4 is 10.6 Å².